The fraction of sp³-hybridized carbons (Fsp3) is 0.240. The summed E-state index contributed by atoms with van der Waals surface area (Å²) in [7, 11) is 0. The molecule has 7 heteroatoms. The number of amides is 3. The maximum Gasteiger partial charge on any atom is 0.249 e. The highest BCUT2D eigenvalue weighted by atomic mass is 35.5. The van der Waals surface area contributed by atoms with Gasteiger partial charge in [0.2, 0.25) is 17.7 Å². The van der Waals surface area contributed by atoms with Crippen molar-refractivity contribution in [1.82, 2.24) is 0 Å². The largest absolute Gasteiger partial charge is 0.369 e. The number of hydrogen-bond donors (Lipinski definition) is 3. The summed E-state index contributed by atoms with van der Waals surface area (Å²) in [5.74, 6) is -1.36. The van der Waals surface area contributed by atoms with Crippen molar-refractivity contribution >= 4 is 40.6 Å². The Bertz CT molecular complexity index is 1230. The van der Waals surface area contributed by atoms with Crippen molar-refractivity contribution in [3.63, 3.8) is 0 Å². The highest BCUT2D eigenvalue weighted by Gasteiger charge is 2.35. The molecule has 2 aliphatic rings. The standard InChI is InChI=1S/C25H24ClN3O3/c1-3-21(30)29-20-6-4-5-15(12(20)2)23-19(26)11-18(25(28)32)17-10-14-9-13(24(27)31)7-8-16(14)22(17)23/h3-6,11,13H,1,7-10H2,2H3,(H2,27,31)(H2,28,32)(H,29,30). The van der Waals surface area contributed by atoms with Gasteiger partial charge >= 0.3 is 0 Å². The van der Waals surface area contributed by atoms with Crippen LogP contribution in [0.1, 0.15) is 46.3 Å². The van der Waals surface area contributed by atoms with Crippen molar-refractivity contribution in [1.29, 1.82) is 0 Å². The van der Waals surface area contributed by atoms with E-state index in [-0.39, 0.29) is 17.7 Å². The Kier molecular flexibility index (Phi) is 5.65. The van der Waals surface area contributed by atoms with E-state index in [4.69, 9.17) is 23.1 Å². The van der Waals surface area contributed by atoms with Crippen LogP contribution in [-0.4, -0.2) is 17.7 Å². The molecule has 0 saturated carbocycles. The van der Waals surface area contributed by atoms with Crippen LogP contribution in [0.4, 0.5) is 5.69 Å². The third-order valence-electron chi connectivity index (χ3n) is 6.46. The molecule has 2 aromatic rings. The van der Waals surface area contributed by atoms with E-state index < -0.39 is 5.91 Å². The maximum absolute atomic E-state index is 12.2. The Hall–Kier alpha value is -3.38. The van der Waals surface area contributed by atoms with Gasteiger partial charge in [-0.1, -0.05) is 35.9 Å². The molecule has 0 heterocycles. The number of rotatable bonds is 5. The third kappa shape index (κ3) is 3.60. The Morgan fingerprint density at radius 3 is 2.62 bits per heavy atom. The quantitative estimate of drug-likeness (QED) is 0.596. The van der Waals surface area contributed by atoms with Crippen LogP contribution in [0.15, 0.2) is 42.5 Å². The molecule has 2 aliphatic carbocycles. The molecule has 32 heavy (non-hydrogen) atoms. The lowest BCUT2D eigenvalue weighted by Crippen LogP contribution is -2.25. The number of halogens is 1. The van der Waals surface area contributed by atoms with Crippen molar-refractivity contribution < 1.29 is 14.4 Å². The van der Waals surface area contributed by atoms with Crippen LogP contribution in [0.3, 0.4) is 0 Å². The van der Waals surface area contributed by atoms with Gasteiger partial charge in [-0.05, 0) is 78.6 Å². The highest BCUT2D eigenvalue weighted by molar-refractivity contribution is 6.34. The van der Waals surface area contributed by atoms with Gasteiger partial charge in [-0.15, -0.1) is 0 Å². The van der Waals surface area contributed by atoms with Crippen LogP contribution in [0.2, 0.25) is 5.02 Å². The number of fused-ring (bicyclic) bond motifs is 2. The zero-order valence-electron chi connectivity index (χ0n) is 17.8. The van der Waals surface area contributed by atoms with Gasteiger partial charge in [0.15, 0.2) is 0 Å². The number of hydrogen-bond acceptors (Lipinski definition) is 3. The van der Waals surface area contributed by atoms with E-state index >= 15 is 0 Å². The molecule has 0 saturated heterocycles. The minimum Gasteiger partial charge on any atom is -0.369 e. The summed E-state index contributed by atoms with van der Waals surface area (Å²) in [4.78, 5) is 35.9. The van der Waals surface area contributed by atoms with Gasteiger partial charge in [-0.25, -0.2) is 0 Å². The van der Waals surface area contributed by atoms with Gasteiger partial charge < -0.3 is 16.8 Å². The van der Waals surface area contributed by atoms with Gasteiger partial charge in [0.1, 0.15) is 0 Å². The molecule has 1 unspecified atom stereocenters. The number of anilines is 1. The minimum atomic E-state index is -0.537. The fourth-order valence-electron chi connectivity index (χ4n) is 4.87. The molecule has 5 N–H and O–H groups in total. The van der Waals surface area contributed by atoms with Gasteiger partial charge in [-0.2, -0.15) is 0 Å². The van der Waals surface area contributed by atoms with Crippen LogP contribution in [0, 0.1) is 12.8 Å². The predicted molar refractivity (Wildman–Crippen MR) is 126 cm³/mol. The first kappa shape index (κ1) is 21.8. The molecule has 3 amide bonds. The minimum absolute atomic E-state index is 0.210. The molecule has 0 bridgehead atoms. The molecule has 6 nitrogen and oxygen atoms in total. The summed E-state index contributed by atoms with van der Waals surface area (Å²) in [6, 6.07) is 7.23. The molecule has 0 aromatic heterocycles. The summed E-state index contributed by atoms with van der Waals surface area (Å²) in [5, 5.41) is 3.24. The fourth-order valence-corrected chi connectivity index (χ4v) is 5.18. The molecule has 0 spiro atoms. The number of primary amides is 2. The summed E-state index contributed by atoms with van der Waals surface area (Å²) >= 11 is 6.75. The van der Waals surface area contributed by atoms with Crippen molar-refractivity contribution in [2.75, 3.05) is 5.32 Å². The summed E-state index contributed by atoms with van der Waals surface area (Å²) in [6.45, 7) is 5.41. The molecule has 0 radical (unpaired) electrons. The number of carbonyl (C=O) groups is 3. The molecular weight excluding hydrogens is 426 g/mol. The first-order chi connectivity index (χ1) is 15.2. The average Bonchev–Trinajstić information content (AvgIpc) is 3.13. The Morgan fingerprint density at radius 2 is 1.97 bits per heavy atom. The Labute approximate surface area is 191 Å². The average molecular weight is 450 g/mol. The Morgan fingerprint density at radius 1 is 1.22 bits per heavy atom. The number of carbonyl (C=O) groups excluding carboxylic acids is 3. The van der Waals surface area contributed by atoms with E-state index in [1.54, 1.807) is 6.07 Å². The lowest BCUT2D eigenvalue weighted by atomic mass is 9.82. The monoisotopic (exact) mass is 449 g/mol. The van der Waals surface area contributed by atoms with E-state index in [0.717, 1.165) is 39.0 Å². The normalized spacial score (nSPS) is 16.9. The molecular formula is C25H24ClN3O3. The number of benzene rings is 2. The van der Waals surface area contributed by atoms with Crippen molar-refractivity contribution in [3.05, 3.63) is 69.8 Å². The maximum atomic E-state index is 12.2. The van der Waals surface area contributed by atoms with E-state index in [9.17, 15) is 14.4 Å². The van der Waals surface area contributed by atoms with Gasteiger partial charge in [0, 0.05) is 27.8 Å². The molecule has 0 fully saturated rings. The first-order valence-corrected chi connectivity index (χ1v) is 10.8. The summed E-state index contributed by atoms with van der Waals surface area (Å²) in [6.07, 6.45) is 3.66. The topological polar surface area (TPSA) is 115 Å². The molecule has 1 atom stereocenters. The third-order valence-corrected chi connectivity index (χ3v) is 6.75. The van der Waals surface area contributed by atoms with Gasteiger partial charge in [0.25, 0.3) is 0 Å². The molecule has 164 valence electrons. The zero-order valence-corrected chi connectivity index (χ0v) is 18.5. The van der Waals surface area contributed by atoms with Crippen LogP contribution in [0.5, 0.6) is 0 Å². The van der Waals surface area contributed by atoms with Crippen molar-refractivity contribution in [2.45, 2.75) is 32.6 Å². The first-order valence-electron chi connectivity index (χ1n) is 10.4. The van der Waals surface area contributed by atoms with Gasteiger partial charge in [-0.3, -0.25) is 14.4 Å². The van der Waals surface area contributed by atoms with Crippen molar-refractivity contribution in [2.24, 2.45) is 17.4 Å². The number of nitrogens with two attached hydrogens (primary N) is 2. The summed E-state index contributed by atoms with van der Waals surface area (Å²) < 4.78 is 0. The zero-order chi connectivity index (χ0) is 23.2. The molecule has 4 rings (SSSR count). The lowest BCUT2D eigenvalue weighted by molar-refractivity contribution is -0.122. The second kappa shape index (κ2) is 8.28. The Balaban J connectivity index is 1.93. The van der Waals surface area contributed by atoms with Gasteiger partial charge in [0.05, 0.1) is 0 Å². The summed E-state index contributed by atoms with van der Waals surface area (Å²) in [5.41, 5.74) is 18.8. The van der Waals surface area contributed by atoms with E-state index in [0.29, 0.717) is 42.0 Å². The van der Waals surface area contributed by atoms with E-state index in [1.165, 1.54) is 6.08 Å². The second-order valence-electron chi connectivity index (χ2n) is 8.27. The van der Waals surface area contributed by atoms with Crippen LogP contribution in [-0.2, 0) is 16.0 Å². The van der Waals surface area contributed by atoms with Crippen LogP contribution < -0.4 is 16.8 Å². The van der Waals surface area contributed by atoms with E-state index in [2.05, 4.69) is 11.9 Å². The molecule has 2 aromatic carbocycles. The number of allylic oxidation sites excluding steroid dienone is 2. The second-order valence-corrected chi connectivity index (χ2v) is 8.68. The molecule has 0 aliphatic heterocycles. The van der Waals surface area contributed by atoms with Crippen LogP contribution >= 0.6 is 11.6 Å². The van der Waals surface area contributed by atoms with Crippen LogP contribution in [0.25, 0.3) is 16.7 Å². The number of nitrogens with one attached hydrogen (secondary N) is 1. The smallest absolute Gasteiger partial charge is 0.249 e. The SMILES string of the molecule is C=CC(=O)Nc1cccc(-c2c(Cl)cc(C(N)=O)c3c2C2=C(C3)CC(C(N)=O)CC2)c1C. The predicted octanol–water partition coefficient (Wildman–Crippen LogP) is 4.13. The van der Waals surface area contributed by atoms with E-state index in [1.807, 2.05) is 25.1 Å². The van der Waals surface area contributed by atoms with Crippen molar-refractivity contribution in [3.8, 4) is 11.1 Å². The lowest BCUT2D eigenvalue weighted by Gasteiger charge is -2.23. The highest BCUT2D eigenvalue weighted by Crippen LogP contribution is 2.51.